The molecule has 0 aliphatic heterocycles. The lowest BCUT2D eigenvalue weighted by molar-refractivity contribution is -0.154. The van der Waals surface area contributed by atoms with Gasteiger partial charge in [0.1, 0.15) is 12.4 Å². The fraction of sp³-hybridized carbons (Fsp3) is 0.273. The smallest absolute Gasteiger partial charge is 0.317 e. The maximum Gasteiger partial charge on any atom is 0.317 e. The van der Waals surface area contributed by atoms with Crippen molar-refractivity contribution >= 4 is 11.9 Å². The molecule has 0 saturated carbocycles. The fourth-order valence-electron chi connectivity index (χ4n) is 2.59. The van der Waals surface area contributed by atoms with Gasteiger partial charge in [-0.2, -0.15) is 0 Å². The quantitative estimate of drug-likeness (QED) is 0.456. The Balaban J connectivity index is 1.69. The first-order valence-electron chi connectivity index (χ1n) is 8.92. The predicted octanol–water partition coefficient (Wildman–Crippen LogP) is 4.32. The Kier molecular flexibility index (Phi) is 8.10. The molecule has 0 atom stereocenters. The van der Waals surface area contributed by atoms with E-state index >= 15 is 0 Å². The maximum atomic E-state index is 10.8. The molecule has 0 aliphatic rings. The highest BCUT2D eigenvalue weighted by Crippen LogP contribution is 2.15. The van der Waals surface area contributed by atoms with Crippen LogP contribution in [0.15, 0.2) is 66.7 Å². The van der Waals surface area contributed by atoms with Crippen LogP contribution < -0.4 is 4.74 Å². The molecule has 0 unspecified atom stereocenters. The van der Waals surface area contributed by atoms with Crippen LogP contribution in [0.1, 0.15) is 30.4 Å². The standard InChI is InChI=1S/C22H24O5/c23-21(24)20(22(25)26)11-7-2-1-4-8-17-12-14-19(15-13-17)27-16-18-9-5-3-6-10-18/h1-3,5-6,9-10,12-15,20H,4,7-8,11,16H2,(H,23,24)(H,25,26). The first-order chi connectivity index (χ1) is 13.1. The third-order valence-corrected chi connectivity index (χ3v) is 4.16. The molecule has 0 fully saturated rings. The highest BCUT2D eigenvalue weighted by molar-refractivity contribution is 5.92. The summed E-state index contributed by atoms with van der Waals surface area (Å²) < 4.78 is 5.76. The molecule has 0 spiro atoms. The van der Waals surface area contributed by atoms with E-state index in [1.165, 1.54) is 5.56 Å². The molecule has 27 heavy (non-hydrogen) atoms. The molecule has 2 N–H and O–H groups in total. The van der Waals surface area contributed by atoms with Gasteiger partial charge in [0.05, 0.1) is 0 Å². The Morgan fingerprint density at radius 3 is 2.11 bits per heavy atom. The van der Waals surface area contributed by atoms with E-state index in [9.17, 15) is 9.59 Å². The lowest BCUT2D eigenvalue weighted by atomic mass is 10.0. The third-order valence-electron chi connectivity index (χ3n) is 4.16. The number of ether oxygens (including phenoxy) is 1. The number of carbonyl (C=O) groups is 2. The maximum absolute atomic E-state index is 10.8. The summed E-state index contributed by atoms with van der Waals surface area (Å²) in [6, 6.07) is 17.9. The normalized spacial score (nSPS) is 11.0. The summed E-state index contributed by atoms with van der Waals surface area (Å²) in [5, 5.41) is 17.6. The Hall–Kier alpha value is -3.08. The summed E-state index contributed by atoms with van der Waals surface area (Å²) >= 11 is 0. The Bertz CT molecular complexity index is 736. The van der Waals surface area contributed by atoms with Gasteiger partial charge in [-0.25, -0.2) is 0 Å². The van der Waals surface area contributed by atoms with Gasteiger partial charge in [0, 0.05) is 0 Å². The van der Waals surface area contributed by atoms with Gasteiger partial charge in [0.25, 0.3) is 0 Å². The van der Waals surface area contributed by atoms with E-state index < -0.39 is 17.9 Å². The number of aliphatic carboxylic acids is 2. The molecule has 2 aromatic carbocycles. The van der Waals surface area contributed by atoms with E-state index in [1.54, 1.807) is 0 Å². The number of hydrogen-bond acceptors (Lipinski definition) is 3. The zero-order valence-corrected chi connectivity index (χ0v) is 15.1. The van der Waals surface area contributed by atoms with E-state index in [4.69, 9.17) is 14.9 Å². The topological polar surface area (TPSA) is 83.8 Å². The molecule has 142 valence electrons. The van der Waals surface area contributed by atoms with Crippen molar-refractivity contribution in [3.8, 4) is 5.75 Å². The number of hydrogen-bond donors (Lipinski definition) is 2. The van der Waals surface area contributed by atoms with Crippen molar-refractivity contribution in [1.82, 2.24) is 0 Å². The number of rotatable bonds is 11. The summed E-state index contributed by atoms with van der Waals surface area (Å²) in [5.74, 6) is -3.08. The molecule has 0 aromatic heterocycles. The Morgan fingerprint density at radius 2 is 1.48 bits per heavy atom. The van der Waals surface area contributed by atoms with Crippen LogP contribution in [0.25, 0.3) is 0 Å². The minimum absolute atomic E-state index is 0.106. The SMILES string of the molecule is O=C(O)C(CCC=CCCc1ccc(OCc2ccccc2)cc1)C(=O)O. The second-order valence-electron chi connectivity index (χ2n) is 6.23. The van der Waals surface area contributed by atoms with Crippen molar-refractivity contribution in [3.05, 3.63) is 77.9 Å². The number of allylic oxidation sites excluding steroid dienone is 2. The molecule has 2 rings (SSSR count). The van der Waals surface area contributed by atoms with E-state index in [2.05, 4.69) is 0 Å². The van der Waals surface area contributed by atoms with Gasteiger partial charge in [0.15, 0.2) is 5.92 Å². The molecular formula is C22H24O5. The average molecular weight is 368 g/mol. The molecule has 5 nitrogen and oxygen atoms in total. The van der Waals surface area contributed by atoms with Crippen LogP contribution in [0.4, 0.5) is 0 Å². The Labute approximate surface area is 158 Å². The number of carboxylic acids is 2. The van der Waals surface area contributed by atoms with Gasteiger partial charge >= 0.3 is 11.9 Å². The lowest BCUT2D eigenvalue weighted by Crippen LogP contribution is -2.22. The summed E-state index contributed by atoms with van der Waals surface area (Å²) in [5.41, 5.74) is 2.31. The first kappa shape index (κ1) is 20.2. The predicted molar refractivity (Wildman–Crippen MR) is 103 cm³/mol. The van der Waals surface area contributed by atoms with Crippen LogP contribution in [-0.2, 0) is 22.6 Å². The van der Waals surface area contributed by atoms with Gasteiger partial charge in [-0.15, -0.1) is 0 Å². The minimum Gasteiger partial charge on any atom is -0.489 e. The van der Waals surface area contributed by atoms with Gasteiger partial charge in [-0.05, 0) is 48.9 Å². The van der Waals surface area contributed by atoms with Crippen LogP contribution >= 0.6 is 0 Å². The molecule has 0 aliphatic carbocycles. The number of carboxylic acid groups (broad SMARTS) is 2. The van der Waals surface area contributed by atoms with Crippen LogP contribution in [0.2, 0.25) is 0 Å². The van der Waals surface area contributed by atoms with Crippen molar-refractivity contribution < 1.29 is 24.5 Å². The van der Waals surface area contributed by atoms with Crippen molar-refractivity contribution in [3.63, 3.8) is 0 Å². The van der Waals surface area contributed by atoms with Gasteiger partial charge in [-0.3, -0.25) is 9.59 Å². The molecular weight excluding hydrogens is 344 g/mol. The van der Waals surface area contributed by atoms with Crippen molar-refractivity contribution in [2.45, 2.75) is 32.3 Å². The van der Waals surface area contributed by atoms with Gasteiger partial charge < -0.3 is 14.9 Å². The van der Waals surface area contributed by atoms with Crippen molar-refractivity contribution in [2.75, 3.05) is 0 Å². The number of benzene rings is 2. The van der Waals surface area contributed by atoms with Gasteiger partial charge in [-0.1, -0.05) is 54.6 Å². The van der Waals surface area contributed by atoms with E-state index in [0.29, 0.717) is 13.0 Å². The average Bonchev–Trinajstić information content (AvgIpc) is 2.67. The summed E-state index contributed by atoms with van der Waals surface area (Å²) in [4.78, 5) is 21.6. The van der Waals surface area contributed by atoms with Crippen LogP contribution in [-0.4, -0.2) is 22.2 Å². The zero-order valence-electron chi connectivity index (χ0n) is 15.1. The highest BCUT2D eigenvalue weighted by Gasteiger charge is 2.24. The van der Waals surface area contributed by atoms with Crippen molar-refractivity contribution in [1.29, 1.82) is 0 Å². The molecule has 0 saturated heterocycles. The molecule has 0 bridgehead atoms. The summed E-state index contributed by atoms with van der Waals surface area (Å²) in [6.07, 6.45) is 6.02. The Morgan fingerprint density at radius 1 is 0.852 bits per heavy atom. The van der Waals surface area contributed by atoms with Gasteiger partial charge in [0.2, 0.25) is 0 Å². The zero-order chi connectivity index (χ0) is 19.5. The third kappa shape index (κ3) is 7.36. The van der Waals surface area contributed by atoms with E-state index in [-0.39, 0.29) is 6.42 Å². The van der Waals surface area contributed by atoms with Crippen LogP contribution in [0.5, 0.6) is 5.75 Å². The number of aryl methyl sites for hydroxylation is 1. The molecule has 2 aromatic rings. The van der Waals surface area contributed by atoms with E-state index in [0.717, 1.165) is 24.2 Å². The minimum atomic E-state index is -1.34. The van der Waals surface area contributed by atoms with Crippen LogP contribution in [0.3, 0.4) is 0 Å². The first-order valence-corrected chi connectivity index (χ1v) is 8.92. The fourth-order valence-corrected chi connectivity index (χ4v) is 2.59. The largest absolute Gasteiger partial charge is 0.489 e. The summed E-state index contributed by atoms with van der Waals surface area (Å²) in [7, 11) is 0. The molecule has 0 amide bonds. The summed E-state index contributed by atoms with van der Waals surface area (Å²) in [6.45, 7) is 0.538. The monoisotopic (exact) mass is 368 g/mol. The molecule has 5 heteroatoms. The second kappa shape index (κ2) is 10.8. The van der Waals surface area contributed by atoms with E-state index in [1.807, 2.05) is 66.7 Å². The van der Waals surface area contributed by atoms with Crippen LogP contribution in [0, 0.1) is 5.92 Å². The highest BCUT2D eigenvalue weighted by atomic mass is 16.5. The lowest BCUT2D eigenvalue weighted by Gasteiger charge is -2.07. The molecule has 0 radical (unpaired) electrons. The molecule has 0 heterocycles. The second-order valence-corrected chi connectivity index (χ2v) is 6.23. The van der Waals surface area contributed by atoms with Crippen molar-refractivity contribution in [2.24, 2.45) is 5.92 Å².